The van der Waals surface area contributed by atoms with Crippen molar-refractivity contribution in [2.24, 2.45) is 0 Å². The lowest BCUT2D eigenvalue weighted by Gasteiger charge is -2.34. The predicted molar refractivity (Wildman–Crippen MR) is 106 cm³/mol. The molecule has 0 N–H and O–H groups in total. The first kappa shape index (κ1) is 19.6. The van der Waals surface area contributed by atoms with E-state index >= 15 is 0 Å². The van der Waals surface area contributed by atoms with Gasteiger partial charge in [-0.15, -0.1) is 0 Å². The maximum absolute atomic E-state index is 12.8. The molecule has 0 radical (unpaired) electrons. The highest BCUT2D eigenvalue weighted by Gasteiger charge is 2.28. The van der Waals surface area contributed by atoms with E-state index < -0.39 is 10.0 Å². The van der Waals surface area contributed by atoms with Gasteiger partial charge in [0.1, 0.15) is 0 Å². The number of benzene rings is 2. The van der Waals surface area contributed by atoms with Gasteiger partial charge in [-0.2, -0.15) is 4.31 Å². The molecule has 0 aromatic heterocycles. The summed E-state index contributed by atoms with van der Waals surface area (Å²) < 4.78 is 27.2. The van der Waals surface area contributed by atoms with Crippen LogP contribution in [0.1, 0.15) is 18.1 Å². The largest absolute Gasteiger partial charge is 0.296 e. The summed E-state index contributed by atoms with van der Waals surface area (Å²) in [6.07, 6.45) is 0.895. The number of hydrogen-bond donors (Lipinski definition) is 0. The van der Waals surface area contributed by atoms with Gasteiger partial charge in [0.05, 0.1) is 4.90 Å². The van der Waals surface area contributed by atoms with Crippen LogP contribution < -0.4 is 0 Å². The van der Waals surface area contributed by atoms with Crippen LogP contribution in [-0.2, 0) is 23.0 Å². The van der Waals surface area contributed by atoms with E-state index in [1.165, 1.54) is 0 Å². The Morgan fingerprint density at radius 3 is 2.19 bits per heavy atom. The summed E-state index contributed by atoms with van der Waals surface area (Å²) in [5.41, 5.74) is 2.14. The van der Waals surface area contributed by atoms with E-state index in [1.54, 1.807) is 22.5 Å². The standard InChI is InChI=1S/C19H22Cl2N2O2S/c1-2-15-3-7-18(8-4-15)26(24,25)23-11-9-22(10-12-23)14-16-5-6-17(20)13-19(16)21/h3-8,13H,2,9-12,14H2,1H3. The Hall–Kier alpha value is -1.11. The fraction of sp³-hybridized carbons (Fsp3) is 0.368. The number of hydrogen-bond acceptors (Lipinski definition) is 3. The van der Waals surface area contributed by atoms with Gasteiger partial charge in [-0.25, -0.2) is 8.42 Å². The van der Waals surface area contributed by atoms with Crippen LogP contribution in [-0.4, -0.2) is 43.8 Å². The number of piperazine rings is 1. The van der Waals surface area contributed by atoms with E-state index in [1.807, 2.05) is 24.3 Å². The van der Waals surface area contributed by atoms with Crippen LogP contribution in [0, 0.1) is 0 Å². The van der Waals surface area contributed by atoms with Gasteiger partial charge in [0.2, 0.25) is 10.0 Å². The molecular weight excluding hydrogens is 391 g/mol. The maximum Gasteiger partial charge on any atom is 0.243 e. The van der Waals surface area contributed by atoms with Gasteiger partial charge < -0.3 is 0 Å². The highest BCUT2D eigenvalue weighted by Crippen LogP contribution is 2.24. The van der Waals surface area contributed by atoms with Crippen LogP contribution in [0.15, 0.2) is 47.4 Å². The van der Waals surface area contributed by atoms with Crippen molar-refractivity contribution in [3.8, 4) is 0 Å². The Kier molecular flexibility index (Phi) is 6.25. The quantitative estimate of drug-likeness (QED) is 0.742. The Balaban J connectivity index is 1.63. The van der Waals surface area contributed by atoms with Gasteiger partial charge in [-0.05, 0) is 41.8 Å². The van der Waals surface area contributed by atoms with Gasteiger partial charge in [-0.1, -0.05) is 48.3 Å². The van der Waals surface area contributed by atoms with Crippen LogP contribution in [0.5, 0.6) is 0 Å². The molecule has 0 atom stereocenters. The lowest BCUT2D eigenvalue weighted by atomic mass is 10.2. The van der Waals surface area contributed by atoms with Crippen molar-refractivity contribution in [3.63, 3.8) is 0 Å². The molecule has 0 unspecified atom stereocenters. The molecule has 2 aromatic rings. The van der Waals surface area contributed by atoms with Gasteiger partial charge in [0.25, 0.3) is 0 Å². The van der Waals surface area contributed by atoms with Gasteiger partial charge in [-0.3, -0.25) is 4.90 Å². The molecule has 2 aromatic carbocycles. The van der Waals surface area contributed by atoms with Crippen LogP contribution in [0.3, 0.4) is 0 Å². The molecule has 26 heavy (non-hydrogen) atoms. The van der Waals surface area contributed by atoms with Gasteiger partial charge in [0.15, 0.2) is 0 Å². The minimum atomic E-state index is -3.43. The average molecular weight is 413 g/mol. The van der Waals surface area contributed by atoms with Crippen molar-refractivity contribution < 1.29 is 8.42 Å². The highest BCUT2D eigenvalue weighted by molar-refractivity contribution is 7.89. The zero-order chi connectivity index (χ0) is 18.7. The third kappa shape index (κ3) is 4.41. The van der Waals surface area contributed by atoms with Gasteiger partial charge in [0, 0.05) is 42.8 Å². The van der Waals surface area contributed by atoms with Gasteiger partial charge >= 0.3 is 0 Å². The second-order valence-electron chi connectivity index (χ2n) is 6.41. The predicted octanol–water partition coefficient (Wildman–Crippen LogP) is 4.06. The Morgan fingerprint density at radius 1 is 0.962 bits per heavy atom. The summed E-state index contributed by atoms with van der Waals surface area (Å²) in [5, 5.41) is 1.26. The zero-order valence-corrected chi connectivity index (χ0v) is 17.0. The lowest BCUT2D eigenvalue weighted by Crippen LogP contribution is -2.48. The molecule has 4 nitrogen and oxygen atoms in total. The third-order valence-corrected chi connectivity index (χ3v) is 7.21. The minimum absolute atomic E-state index is 0.365. The van der Waals surface area contributed by atoms with E-state index in [2.05, 4.69) is 11.8 Å². The first-order valence-electron chi connectivity index (χ1n) is 8.65. The van der Waals surface area contributed by atoms with Crippen molar-refractivity contribution in [3.05, 3.63) is 63.6 Å². The highest BCUT2D eigenvalue weighted by atomic mass is 35.5. The Labute approximate surface area is 165 Å². The molecule has 0 amide bonds. The molecule has 1 heterocycles. The first-order chi connectivity index (χ1) is 12.4. The van der Waals surface area contributed by atoms with E-state index in [4.69, 9.17) is 23.2 Å². The first-order valence-corrected chi connectivity index (χ1v) is 10.8. The van der Waals surface area contributed by atoms with Crippen LogP contribution in [0.4, 0.5) is 0 Å². The van der Waals surface area contributed by atoms with Crippen molar-refractivity contribution in [2.45, 2.75) is 24.8 Å². The van der Waals surface area contributed by atoms with Crippen molar-refractivity contribution in [2.75, 3.05) is 26.2 Å². The monoisotopic (exact) mass is 412 g/mol. The van der Waals surface area contributed by atoms with E-state index in [-0.39, 0.29) is 0 Å². The molecule has 1 aliphatic heterocycles. The van der Waals surface area contributed by atoms with Crippen molar-refractivity contribution >= 4 is 33.2 Å². The van der Waals surface area contributed by atoms with Crippen LogP contribution >= 0.6 is 23.2 Å². The number of aryl methyl sites for hydroxylation is 1. The number of halogens is 2. The minimum Gasteiger partial charge on any atom is -0.296 e. The number of rotatable bonds is 5. The molecule has 0 bridgehead atoms. The summed E-state index contributed by atoms with van der Waals surface area (Å²) in [6, 6.07) is 12.6. The third-order valence-electron chi connectivity index (χ3n) is 4.71. The molecule has 0 saturated carbocycles. The Bertz CT molecular complexity index is 862. The molecule has 1 saturated heterocycles. The average Bonchev–Trinajstić information content (AvgIpc) is 2.64. The fourth-order valence-corrected chi connectivity index (χ4v) is 4.96. The molecule has 7 heteroatoms. The SMILES string of the molecule is CCc1ccc(S(=O)(=O)N2CCN(Cc3ccc(Cl)cc3Cl)CC2)cc1. The lowest BCUT2D eigenvalue weighted by molar-refractivity contribution is 0.181. The van der Waals surface area contributed by atoms with Crippen molar-refractivity contribution in [1.82, 2.24) is 9.21 Å². The van der Waals surface area contributed by atoms with Crippen LogP contribution in [0.2, 0.25) is 10.0 Å². The summed E-state index contributed by atoms with van der Waals surface area (Å²) in [6.45, 7) is 5.04. The summed E-state index contributed by atoms with van der Waals surface area (Å²) in [4.78, 5) is 2.57. The van der Waals surface area contributed by atoms with Crippen molar-refractivity contribution in [1.29, 1.82) is 0 Å². The molecule has 1 fully saturated rings. The second-order valence-corrected chi connectivity index (χ2v) is 9.20. The molecule has 1 aliphatic rings. The summed E-state index contributed by atoms with van der Waals surface area (Å²) in [7, 11) is -3.43. The van der Waals surface area contributed by atoms with Crippen LogP contribution in [0.25, 0.3) is 0 Å². The fourth-order valence-electron chi connectivity index (χ4n) is 3.07. The molecule has 140 valence electrons. The maximum atomic E-state index is 12.8. The van der Waals surface area contributed by atoms with E-state index in [0.717, 1.165) is 17.5 Å². The molecule has 0 aliphatic carbocycles. The topological polar surface area (TPSA) is 40.6 Å². The number of nitrogens with zero attached hydrogens (tertiary/aromatic N) is 2. The second kappa shape index (κ2) is 8.28. The normalized spacial score (nSPS) is 16.7. The molecule has 3 rings (SSSR count). The Morgan fingerprint density at radius 2 is 1.62 bits per heavy atom. The number of sulfonamides is 1. The molecule has 0 spiro atoms. The summed E-state index contributed by atoms with van der Waals surface area (Å²) in [5.74, 6) is 0. The smallest absolute Gasteiger partial charge is 0.243 e. The molecular formula is C19H22Cl2N2O2S. The summed E-state index contributed by atoms with van der Waals surface area (Å²) >= 11 is 12.2. The van der Waals surface area contributed by atoms with E-state index in [9.17, 15) is 8.42 Å². The van der Waals surface area contributed by atoms with E-state index in [0.29, 0.717) is 47.7 Å². The zero-order valence-electron chi connectivity index (χ0n) is 14.7.